The highest BCUT2D eigenvalue weighted by molar-refractivity contribution is 8.08. The van der Waals surface area contributed by atoms with E-state index in [0.717, 1.165) is 0 Å². The summed E-state index contributed by atoms with van der Waals surface area (Å²) in [5.41, 5.74) is 0. The van der Waals surface area contributed by atoms with E-state index in [0.29, 0.717) is 0 Å². The summed E-state index contributed by atoms with van der Waals surface area (Å²) in [6.45, 7) is -0.966. The Morgan fingerprint density at radius 2 is 1.71 bits per heavy atom. The van der Waals surface area contributed by atoms with Crippen LogP contribution in [0.2, 0.25) is 0 Å². The van der Waals surface area contributed by atoms with E-state index in [1.54, 1.807) is 0 Å². The molecule has 7 nitrogen and oxygen atoms in total. The zero-order valence-corrected chi connectivity index (χ0v) is 10.5. The molecule has 17 heavy (non-hydrogen) atoms. The van der Waals surface area contributed by atoms with Crippen LogP contribution in [0.4, 0.5) is 9.18 Å². The van der Waals surface area contributed by atoms with Crippen molar-refractivity contribution in [1.29, 1.82) is 0 Å². The van der Waals surface area contributed by atoms with Crippen molar-refractivity contribution in [2.24, 2.45) is 0 Å². The molecule has 100 valence electrons. The Morgan fingerprint density at radius 3 is 2.18 bits per heavy atom. The van der Waals surface area contributed by atoms with Crippen LogP contribution in [0.25, 0.3) is 0 Å². The van der Waals surface area contributed by atoms with Crippen LogP contribution in [-0.4, -0.2) is 58.7 Å². The first-order valence-electron chi connectivity index (χ1n) is 4.75. The molecule has 0 bridgehead atoms. The van der Waals surface area contributed by atoms with Gasteiger partial charge in [0.05, 0.1) is 17.5 Å². The van der Waals surface area contributed by atoms with E-state index < -0.39 is 55.0 Å². The molecule has 2 N–H and O–H groups in total. The summed E-state index contributed by atoms with van der Waals surface area (Å²) in [6, 6.07) is -1.77. The molecule has 1 fully saturated rings. The molecule has 0 spiro atoms. The predicted octanol–water partition coefficient (Wildman–Crippen LogP) is -1.58. The number of urea groups is 1. The number of sulfone groups is 2. The van der Waals surface area contributed by atoms with Crippen LogP contribution in [0.1, 0.15) is 0 Å². The highest BCUT2D eigenvalue weighted by Gasteiger charge is 2.35. The summed E-state index contributed by atoms with van der Waals surface area (Å²) in [5, 5.41) is 3.42. The number of carbonyl (C=O) groups excluding carboxylic acids is 1. The zero-order chi connectivity index (χ0) is 13.1. The minimum Gasteiger partial charge on any atom is -0.336 e. The molecule has 0 saturated carbocycles. The standard InChI is InChI=1S/C7H13FN2O5S2/c8-1-2-9-7(11)10-6-3-16(12,13)5-17(14,15)4-6/h6H,1-5H2,(H2,9,10,11). The van der Waals surface area contributed by atoms with Crippen LogP contribution in [0.15, 0.2) is 0 Å². The van der Waals surface area contributed by atoms with Crippen LogP contribution in [0, 0.1) is 0 Å². The molecule has 0 aromatic rings. The van der Waals surface area contributed by atoms with Gasteiger partial charge in [-0.25, -0.2) is 26.0 Å². The third kappa shape index (κ3) is 4.86. The van der Waals surface area contributed by atoms with E-state index in [4.69, 9.17) is 0 Å². The normalized spacial score (nSPS) is 22.9. The Balaban J connectivity index is 2.63. The maximum Gasteiger partial charge on any atom is 0.315 e. The quantitative estimate of drug-likeness (QED) is 0.651. The molecule has 0 radical (unpaired) electrons. The Kier molecular flexibility index (Phi) is 4.31. The van der Waals surface area contributed by atoms with Gasteiger partial charge in [0.15, 0.2) is 24.8 Å². The van der Waals surface area contributed by atoms with Crippen molar-refractivity contribution < 1.29 is 26.0 Å². The second kappa shape index (κ2) is 5.17. The van der Waals surface area contributed by atoms with Crippen molar-refractivity contribution in [1.82, 2.24) is 10.6 Å². The van der Waals surface area contributed by atoms with Crippen molar-refractivity contribution in [3.8, 4) is 0 Å². The van der Waals surface area contributed by atoms with E-state index in [-0.39, 0.29) is 6.54 Å². The summed E-state index contributed by atoms with van der Waals surface area (Å²) in [5.74, 6) is -0.843. The zero-order valence-electron chi connectivity index (χ0n) is 8.85. The maximum atomic E-state index is 11.7. The van der Waals surface area contributed by atoms with Gasteiger partial charge in [0.2, 0.25) is 0 Å². The second-order valence-electron chi connectivity index (χ2n) is 3.72. The van der Waals surface area contributed by atoms with Crippen LogP contribution < -0.4 is 10.6 Å². The summed E-state index contributed by atoms with van der Waals surface area (Å²) in [6.07, 6.45) is 0. The Labute approximate surface area is 98.6 Å². The lowest BCUT2D eigenvalue weighted by Gasteiger charge is -2.23. The van der Waals surface area contributed by atoms with Gasteiger partial charge in [-0.05, 0) is 0 Å². The first kappa shape index (κ1) is 14.2. The van der Waals surface area contributed by atoms with E-state index in [2.05, 4.69) is 10.6 Å². The summed E-state index contributed by atoms with van der Waals surface area (Å²) < 4.78 is 56.8. The smallest absolute Gasteiger partial charge is 0.315 e. The number of hydrogen-bond acceptors (Lipinski definition) is 5. The fourth-order valence-electron chi connectivity index (χ4n) is 1.51. The Morgan fingerprint density at radius 1 is 1.18 bits per heavy atom. The number of alkyl halides is 1. The lowest BCUT2D eigenvalue weighted by atomic mass is 10.4. The van der Waals surface area contributed by atoms with Gasteiger partial charge in [-0.15, -0.1) is 0 Å². The van der Waals surface area contributed by atoms with Gasteiger partial charge < -0.3 is 10.6 Å². The summed E-state index contributed by atoms with van der Waals surface area (Å²) in [4.78, 5) is 11.1. The van der Waals surface area contributed by atoms with Crippen molar-refractivity contribution in [2.45, 2.75) is 6.04 Å². The molecular formula is C7H13FN2O5S2. The first-order chi connectivity index (χ1) is 7.74. The SMILES string of the molecule is O=C(NCCF)NC1CS(=O)(=O)CS(=O)(=O)C1. The largest absolute Gasteiger partial charge is 0.336 e. The van der Waals surface area contributed by atoms with Crippen LogP contribution >= 0.6 is 0 Å². The molecule has 0 atom stereocenters. The van der Waals surface area contributed by atoms with Gasteiger partial charge in [0.25, 0.3) is 0 Å². The van der Waals surface area contributed by atoms with Gasteiger partial charge in [-0.3, -0.25) is 0 Å². The summed E-state index contributed by atoms with van der Waals surface area (Å²) in [7, 11) is -7.42. The third-order valence-electron chi connectivity index (χ3n) is 1.98. The minimum atomic E-state index is -3.71. The van der Waals surface area contributed by atoms with Gasteiger partial charge in [-0.2, -0.15) is 0 Å². The summed E-state index contributed by atoms with van der Waals surface area (Å²) >= 11 is 0. The number of nitrogens with one attached hydrogen (secondary N) is 2. The topological polar surface area (TPSA) is 109 Å². The molecular weight excluding hydrogens is 275 g/mol. The Bertz CT molecular complexity index is 452. The maximum absolute atomic E-state index is 11.7. The number of halogens is 1. The highest BCUT2D eigenvalue weighted by atomic mass is 32.3. The number of carbonyl (C=O) groups is 1. The van der Waals surface area contributed by atoms with Crippen LogP contribution in [0.5, 0.6) is 0 Å². The molecule has 0 aromatic heterocycles. The number of rotatable bonds is 3. The van der Waals surface area contributed by atoms with Crippen molar-refractivity contribution in [3.05, 3.63) is 0 Å². The molecule has 1 heterocycles. The van der Waals surface area contributed by atoms with Gasteiger partial charge in [-0.1, -0.05) is 0 Å². The van der Waals surface area contributed by atoms with Crippen molar-refractivity contribution >= 4 is 25.7 Å². The molecule has 1 aliphatic rings. The van der Waals surface area contributed by atoms with Crippen LogP contribution in [-0.2, 0) is 19.7 Å². The monoisotopic (exact) mass is 288 g/mol. The molecule has 1 rings (SSSR count). The number of amides is 2. The van der Waals surface area contributed by atoms with Crippen LogP contribution in [0.3, 0.4) is 0 Å². The van der Waals surface area contributed by atoms with E-state index in [9.17, 15) is 26.0 Å². The molecule has 1 saturated heterocycles. The van der Waals surface area contributed by atoms with E-state index >= 15 is 0 Å². The molecule has 0 aliphatic carbocycles. The Hall–Kier alpha value is -0.900. The van der Waals surface area contributed by atoms with Crippen molar-refractivity contribution in [2.75, 3.05) is 29.8 Å². The second-order valence-corrected chi connectivity index (χ2v) is 8.31. The highest BCUT2D eigenvalue weighted by Crippen LogP contribution is 2.11. The number of hydrogen-bond donors (Lipinski definition) is 2. The van der Waals surface area contributed by atoms with Gasteiger partial charge >= 0.3 is 6.03 Å². The average molecular weight is 288 g/mol. The third-order valence-corrected chi connectivity index (χ3v) is 6.68. The average Bonchev–Trinajstić information content (AvgIpc) is 2.09. The predicted molar refractivity (Wildman–Crippen MR) is 58.7 cm³/mol. The minimum absolute atomic E-state index is 0.210. The van der Waals surface area contributed by atoms with Gasteiger partial charge in [0.1, 0.15) is 6.67 Å². The fraction of sp³-hybridized carbons (Fsp3) is 0.857. The van der Waals surface area contributed by atoms with Crippen molar-refractivity contribution in [3.63, 3.8) is 0 Å². The molecule has 0 aromatic carbocycles. The lowest BCUT2D eigenvalue weighted by molar-refractivity contribution is 0.237. The lowest BCUT2D eigenvalue weighted by Crippen LogP contribution is -2.52. The molecule has 10 heteroatoms. The van der Waals surface area contributed by atoms with E-state index in [1.165, 1.54) is 0 Å². The first-order valence-corrected chi connectivity index (χ1v) is 8.39. The van der Waals surface area contributed by atoms with Gasteiger partial charge in [0, 0.05) is 6.54 Å². The molecule has 0 unspecified atom stereocenters. The molecule has 2 amide bonds. The van der Waals surface area contributed by atoms with E-state index in [1.807, 2.05) is 0 Å². The molecule has 1 aliphatic heterocycles. The fourth-order valence-corrected chi connectivity index (χ4v) is 6.25.